The van der Waals surface area contributed by atoms with Crippen molar-refractivity contribution in [3.8, 4) is 5.69 Å². The maximum atomic E-state index is 12.9. The number of rotatable bonds is 7. The number of carbonyl (C=O) groups excluding carboxylic acids is 2. The van der Waals surface area contributed by atoms with Gasteiger partial charge in [0, 0.05) is 12.2 Å². The van der Waals surface area contributed by atoms with Crippen LogP contribution in [-0.4, -0.2) is 39.6 Å². The molecule has 1 amide bonds. The summed E-state index contributed by atoms with van der Waals surface area (Å²) >= 11 is 0. The van der Waals surface area contributed by atoms with E-state index in [0.717, 1.165) is 12.8 Å². The van der Waals surface area contributed by atoms with Gasteiger partial charge in [-0.15, -0.1) is 0 Å². The molecule has 0 spiro atoms. The smallest absolute Gasteiger partial charge is 0.338 e. The highest BCUT2D eigenvalue weighted by molar-refractivity contribution is 6.11. The molecule has 3 N–H and O–H groups in total. The molecule has 8 nitrogen and oxygen atoms in total. The molecule has 0 atom stereocenters. The molecule has 0 unspecified atom stereocenters. The molecule has 32 heavy (non-hydrogen) atoms. The Hall–Kier alpha value is -3.94. The zero-order chi connectivity index (χ0) is 22.7. The summed E-state index contributed by atoms with van der Waals surface area (Å²) < 4.78 is 6.88. The zero-order valence-electron chi connectivity index (χ0n) is 18.1. The van der Waals surface area contributed by atoms with Gasteiger partial charge in [0.1, 0.15) is 16.9 Å². The fraction of sp³-hybridized carbons (Fsp3) is 0.250. The topological polar surface area (TPSA) is 112 Å². The number of nitrogens with one attached hydrogen (secondary N) is 1. The van der Waals surface area contributed by atoms with Gasteiger partial charge in [0.2, 0.25) is 0 Å². The van der Waals surface area contributed by atoms with Gasteiger partial charge in [-0.1, -0.05) is 26.0 Å². The molecule has 8 heteroatoms. The van der Waals surface area contributed by atoms with Crippen molar-refractivity contribution in [2.75, 3.05) is 18.9 Å². The van der Waals surface area contributed by atoms with Gasteiger partial charge in [-0.05, 0) is 49.2 Å². The Morgan fingerprint density at radius 3 is 2.34 bits per heavy atom. The Bertz CT molecular complexity index is 1290. The number of nitrogens with two attached hydrogens (primary N) is 1. The fourth-order valence-electron chi connectivity index (χ4n) is 3.50. The number of anilines is 1. The number of esters is 1. The first-order valence-electron chi connectivity index (χ1n) is 10.7. The second-order valence-corrected chi connectivity index (χ2v) is 7.42. The van der Waals surface area contributed by atoms with Crippen molar-refractivity contribution in [1.29, 1.82) is 0 Å². The van der Waals surface area contributed by atoms with E-state index in [0.29, 0.717) is 46.6 Å². The van der Waals surface area contributed by atoms with Crippen molar-refractivity contribution in [3.05, 3.63) is 59.7 Å². The first-order valence-corrected chi connectivity index (χ1v) is 10.7. The Labute approximate surface area is 185 Å². The largest absolute Gasteiger partial charge is 0.462 e. The van der Waals surface area contributed by atoms with E-state index < -0.39 is 0 Å². The molecule has 0 aliphatic carbocycles. The van der Waals surface area contributed by atoms with Gasteiger partial charge < -0.3 is 15.8 Å². The van der Waals surface area contributed by atoms with E-state index in [1.54, 1.807) is 28.8 Å². The molecule has 0 saturated heterocycles. The predicted octanol–water partition coefficient (Wildman–Crippen LogP) is 3.86. The Morgan fingerprint density at radius 1 is 1.00 bits per heavy atom. The third-order valence-corrected chi connectivity index (χ3v) is 5.06. The van der Waals surface area contributed by atoms with Crippen LogP contribution in [0.4, 0.5) is 5.82 Å². The molecule has 2 heterocycles. The number of hydrogen-bond donors (Lipinski definition) is 2. The standard InChI is InChI=1S/C24H25N5O3/c1-3-13-26-23(30)19-20-22(28-18-8-6-5-7-17(18)27-20)29(21(19)25)16-11-9-15(10-12-16)24(31)32-14-4-2/h5-12H,3-4,13-14,25H2,1-2H3,(H,26,30). The molecule has 2 aromatic carbocycles. The monoisotopic (exact) mass is 431 g/mol. The van der Waals surface area contributed by atoms with Gasteiger partial charge in [0.25, 0.3) is 5.91 Å². The first-order chi connectivity index (χ1) is 15.5. The van der Waals surface area contributed by atoms with Crippen LogP contribution in [0.15, 0.2) is 48.5 Å². The molecular weight excluding hydrogens is 406 g/mol. The van der Waals surface area contributed by atoms with Gasteiger partial charge in [0.05, 0.1) is 23.2 Å². The molecule has 0 fully saturated rings. The van der Waals surface area contributed by atoms with Gasteiger partial charge in [-0.3, -0.25) is 9.36 Å². The number of fused-ring (bicyclic) bond motifs is 2. The minimum absolute atomic E-state index is 0.241. The highest BCUT2D eigenvalue weighted by Crippen LogP contribution is 2.31. The molecule has 0 bridgehead atoms. The first kappa shape index (κ1) is 21.3. The van der Waals surface area contributed by atoms with Crippen molar-refractivity contribution in [1.82, 2.24) is 19.9 Å². The van der Waals surface area contributed by atoms with Crippen molar-refractivity contribution in [2.24, 2.45) is 0 Å². The highest BCUT2D eigenvalue weighted by atomic mass is 16.5. The molecule has 164 valence electrons. The second kappa shape index (κ2) is 9.05. The molecule has 0 aliphatic heterocycles. The zero-order valence-corrected chi connectivity index (χ0v) is 18.1. The summed E-state index contributed by atoms with van der Waals surface area (Å²) in [6, 6.07) is 14.3. The van der Waals surface area contributed by atoms with Crippen molar-refractivity contribution in [2.45, 2.75) is 26.7 Å². The van der Waals surface area contributed by atoms with Crippen LogP contribution in [0.25, 0.3) is 27.9 Å². The molecule has 0 aliphatic rings. The summed E-state index contributed by atoms with van der Waals surface area (Å²) in [4.78, 5) is 34.5. The molecule has 0 radical (unpaired) electrons. The van der Waals surface area contributed by atoms with E-state index in [4.69, 9.17) is 20.4 Å². The van der Waals surface area contributed by atoms with Crippen LogP contribution in [0.3, 0.4) is 0 Å². The Kier molecular flexibility index (Phi) is 6.02. The van der Waals surface area contributed by atoms with E-state index in [-0.39, 0.29) is 23.3 Å². The highest BCUT2D eigenvalue weighted by Gasteiger charge is 2.24. The summed E-state index contributed by atoms with van der Waals surface area (Å²) in [5.74, 6) is -0.434. The predicted molar refractivity (Wildman–Crippen MR) is 124 cm³/mol. The summed E-state index contributed by atoms with van der Waals surface area (Å²) in [6.45, 7) is 4.82. The summed E-state index contributed by atoms with van der Waals surface area (Å²) in [7, 11) is 0. The van der Waals surface area contributed by atoms with Crippen LogP contribution in [0.1, 0.15) is 47.4 Å². The molecule has 4 aromatic rings. The number of ether oxygens (including phenoxy) is 1. The molecule has 4 rings (SSSR count). The second-order valence-electron chi connectivity index (χ2n) is 7.42. The van der Waals surface area contributed by atoms with Crippen LogP contribution in [0, 0.1) is 0 Å². The van der Waals surface area contributed by atoms with Crippen molar-refractivity contribution in [3.63, 3.8) is 0 Å². The van der Waals surface area contributed by atoms with Crippen LogP contribution in [-0.2, 0) is 4.74 Å². The Morgan fingerprint density at radius 2 is 1.69 bits per heavy atom. The average molecular weight is 431 g/mol. The molecule has 0 saturated carbocycles. The third-order valence-electron chi connectivity index (χ3n) is 5.06. The van der Waals surface area contributed by atoms with Crippen LogP contribution < -0.4 is 11.1 Å². The van der Waals surface area contributed by atoms with Gasteiger partial charge >= 0.3 is 5.97 Å². The van der Waals surface area contributed by atoms with Gasteiger partial charge in [-0.2, -0.15) is 0 Å². The summed E-state index contributed by atoms with van der Waals surface area (Å²) in [6.07, 6.45) is 1.56. The van der Waals surface area contributed by atoms with E-state index in [1.165, 1.54) is 0 Å². The quantitative estimate of drug-likeness (QED) is 0.430. The van der Waals surface area contributed by atoms with Crippen molar-refractivity contribution < 1.29 is 14.3 Å². The van der Waals surface area contributed by atoms with Crippen LogP contribution in [0.2, 0.25) is 0 Å². The van der Waals surface area contributed by atoms with Gasteiger partial charge in [-0.25, -0.2) is 14.8 Å². The lowest BCUT2D eigenvalue weighted by atomic mass is 10.2. The number of carbonyl (C=O) groups is 2. The third kappa shape index (κ3) is 3.87. The number of aromatic nitrogens is 3. The molecular formula is C24H25N5O3. The number of amides is 1. The van der Waals surface area contributed by atoms with E-state index in [1.807, 2.05) is 38.1 Å². The number of nitrogens with zero attached hydrogens (tertiary/aromatic N) is 3. The minimum atomic E-state index is -0.380. The lowest BCUT2D eigenvalue weighted by molar-refractivity contribution is 0.0505. The Balaban J connectivity index is 1.86. The maximum Gasteiger partial charge on any atom is 0.338 e. The summed E-state index contributed by atoms with van der Waals surface area (Å²) in [5.41, 5.74) is 10.2. The normalized spacial score (nSPS) is 11.1. The van der Waals surface area contributed by atoms with E-state index in [2.05, 4.69) is 5.32 Å². The van der Waals surface area contributed by atoms with Crippen LogP contribution in [0.5, 0.6) is 0 Å². The molecule has 2 aromatic heterocycles. The minimum Gasteiger partial charge on any atom is -0.462 e. The fourth-order valence-corrected chi connectivity index (χ4v) is 3.50. The van der Waals surface area contributed by atoms with E-state index >= 15 is 0 Å². The van der Waals surface area contributed by atoms with Gasteiger partial charge in [0.15, 0.2) is 5.65 Å². The average Bonchev–Trinajstić information content (AvgIpc) is 3.10. The van der Waals surface area contributed by atoms with Crippen molar-refractivity contribution >= 4 is 39.9 Å². The van der Waals surface area contributed by atoms with Crippen LogP contribution >= 0.6 is 0 Å². The lowest BCUT2D eigenvalue weighted by Crippen LogP contribution is -2.25. The van der Waals surface area contributed by atoms with E-state index in [9.17, 15) is 9.59 Å². The SMILES string of the molecule is CCCNC(=O)c1c(N)n(-c2ccc(C(=O)OCCC)cc2)c2nc3ccccc3nc12. The number of hydrogen-bond acceptors (Lipinski definition) is 6. The number of para-hydroxylation sites is 2. The number of nitrogen functional groups attached to an aromatic ring is 1. The lowest BCUT2D eigenvalue weighted by Gasteiger charge is -2.09. The summed E-state index contributed by atoms with van der Waals surface area (Å²) in [5, 5.41) is 2.88. The number of benzene rings is 2. The maximum absolute atomic E-state index is 12.9.